The Labute approximate surface area is 855 Å². The van der Waals surface area contributed by atoms with Gasteiger partial charge in [0.05, 0.1) is 120 Å². The van der Waals surface area contributed by atoms with Crippen LogP contribution in [0.4, 0.5) is 40.8 Å². The van der Waals surface area contributed by atoms with Crippen LogP contribution in [-0.4, -0.2) is 206 Å². The summed E-state index contributed by atoms with van der Waals surface area (Å²) in [6.07, 6.45) is 5.28. The average molecular weight is 2180 g/mol. The zero-order valence-electron chi connectivity index (χ0n) is 78.3. The third kappa shape index (κ3) is 22.8. The van der Waals surface area contributed by atoms with Crippen molar-refractivity contribution in [3.05, 3.63) is 294 Å². The number of amidine groups is 2. The normalized spacial score (nSPS) is 24.4. The van der Waals surface area contributed by atoms with Crippen molar-refractivity contribution >= 4 is 125 Å². The maximum Gasteiger partial charge on any atom is 0.189 e. The Morgan fingerprint density at radius 1 is 0.407 bits per heavy atom. The van der Waals surface area contributed by atoms with Crippen molar-refractivity contribution in [2.24, 2.45) is 43.6 Å². The van der Waals surface area contributed by atoms with Gasteiger partial charge in [0, 0.05) is 127 Å². The van der Waals surface area contributed by atoms with Gasteiger partial charge in [-0.05, 0) is 222 Å². The molecule has 25 nitrogen and oxygen atoms in total. The van der Waals surface area contributed by atoms with E-state index in [9.17, 15) is 59.7 Å². The first-order valence-corrected chi connectivity index (χ1v) is 57.3. The second-order valence-electron chi connectivity index (χ2n) is 37.7. The molecule has 0 bridgehead atoms. The summed E-state index contributed by atoms with van der Waals surface area (Å²) in [4.78, 5) is 16.4. The van der Waals surface area contributed by atoms with Gasteiger partial charge >= 0.3 is 0 Å². The lowest BCUT2D eigenvalue weighted by Gasteiger charge is -2.51. The number of para-hydroxylation sites is 1. The molecule has 0 amide bonds. The maximum absolute atomic E-state index is 15.4. The third-order valence-corrected chi connectivity index (χ3v) is 39.2. The molecule has 0 aliphatic carbocycles. The van der Waals surface area contributed by atoms with Crippen molar-refractivity contribution in [3.63, 3.8) is 0 Å². The van der Waals surface area contributed by atoms with Crippen molar-refractivity contribution in [2.75, 3.05) is 112 Å². The van der Waals surface area contributed by atoms with Gasteiger partial charge in [-0.3, -0.25) is 14.7 Å². The summed E-state index contributed by atoms with van der Waals surface area (Å²) < 4.78 is 298. The van der Waals surface area contributed by atoms with E-state index in [0.29, 0.717) is 96.6 Å². The fraction of sp³-hybridized carbons (Fsp3) is 0.408. The van der Waals surface area contributed by atoms with E-state index in [0.717, 1.165) is 70.9 Å². The highest BCUT2D eigenvalue weighted by Crippen LogP contribution is 2.60. The number of nitrogens with two attached hydrogens (primary N) is 1. The number of aromatic nitrogens is 2. The summed E-state index contributed by atoms with van der Waals surface area (Å²) >= 11 is 24.2. The molecule has 12 atom stereocenters. The van der Waals surface area contributed by atoms with Gasteiger partial charge in [0.15, 0.2) is 95.5 Å². The number of nitrogen functional groups attached to an aromatic ring is 1. The van der Waals surface area contributed by atoms with Crippen LogP contribution in [0.2, 0.25) is 20.1 Å². The lowest BCUT2D eigenvalue weighted by molar-refractivity contribution is -0.0965. The smallest absolute Gasteiger partial charge is 0.189 e. The van der Waals surface area contributed by atoms with Crippen LogP contribution >= 0.6 is 46.4 Å². The lowest BCUT2D eigenvalue weighted by atomic mass is 9.60. The molecular weight excluding hydrogens is 2080 g/mol. The average Bonchev–Trinajstić information content (AvgIpc) is 0.986. The quantitative estimate of drug-likeness (QED) is 0.0351. The van der Waals surface area contributed by atoms with Crippen molar-refractivity contribution in [3.8, 4) is 23.0 Å². The monoisotopic (exact) mass is 2180 g/mol. The predicted molar refractivity (Wildman–Crippen MR) is 535 cm³/mol. The molecule has 42 heteroatoms. The van der Waals surface area contributed by atoms with E-state index in [-0.39, 0.29) is 180 Å². The molecule has 4 fully saturated rings. The zero-order chi connectivity index (χ0) is 103. The molecule has 0 unspecified atom stereocenters. The van der Waals surface area contributed by atoms with Gasteiger partial charge in [0.2, 0.25) is 0 Å². The first-order valence-electron chi connectivity index (χ1n) is 47.1. The van der Waals surface area contributed by atoms with Crippen LogP contribution in [0.5, 0.6) is 23.0 Å². The predicted octanol–water partition coefficient (Wildman–Crippen LogP) is 17.9. The molecule has 4 saturated heterocycles. The third-order valence-electron chi connectivity index (χ3n) is 29.0. The molecule has 20 rings (SSSR count). The Kier molecular flexibility index (Phi) is 32.3. The minimum Gasteiger partial charge on any atom is -0.490 e. The largest absolute Gasteiger partial charge is 0.490 e. The Morgan fingerprint density at radius 3 is 1.18 bits per heavy atom. The molecule has 10 aliphatic rings. The van der Waals surface area contributed by atoms with E-state index in [1.54, 1.807) is 79.3 Å². The number of halogens is 12. The first kappa shape index (κ1) is 106. The number of sulfone groups is 5. The minimum atomic E-state index is -4.37. The molecule has 9 aromatic carbocycles. The number of fused-ring (bicyclic) bond motifs is 12. The van der Waals surface area contributed by atoms with Crippen molar-refractivity contribution in [2.45, 2.75) is 139 Å². The fourth-order valence-corrected chi connectivity index (χ4v) is 30.3. The van der Waals surface area contributed by atoms with Crippen molar-refractivity contribution in [1.82, 2.24) is 9.78 Å². The van der Waals surface area contributed by atoms with Crippen LogP contribution in [0.1, 0.15) is 97.2 Å². The number of hydrogen-bond donors (Lipinski definition) is 1. The van der Waals surface area contributed by atoms with Gasteiger partial charge in [-0.15, -0.1) is 0 Å². The van der Waals surface area contributed by atoms with Gasteiger partial charge < -0.3 is 43.6 Å². The number of aliphatic imine (C=N–C) groups is 4. The van der Waals surface area contributed by atoms with Gasteiger partial charge in [0.1, 0.15) is 51.2 Å². The fourth-order valence-electron chi connectivity index (χ4n) is 22.2. The van der Waals surface area contributed by atoms with E-state index < -0.39 is 164 Å². The second kappa shape index (κ2) is 44.1. The maximum atomic E-state index is 15.4. The number of anilines is 1. The number of ether oxygens (including phenoxy) is 8. The summed E-state index contributed by atoms with van der Waals surface area (Å²) in [6.45, 7) is 3.54. The highest BCUT2D eigenvalue weighted by atomic mass is 35.5. The van der Waals surface area contributed by atoms with Crippen molar-refractivity contribution < 1.29 is 115 Å². The molecule has 772 valence electrons. The van der Waals surface area contributed by atoms with Crippen LogP contribution in [0.25, 0.3) is 0 Å². The van der Waals surface area contributed by atoms with Crippen LogP contribution in [-0.2, 0) is 115 Å². The van der Waals surface area contributed by atoms with E-state index >= 15 is 17.6 Å². The molecule has 2 N–H and O–H groups in total. The van der Waals surface area contributed by atoms with Crippen LogP contribution < -0.4 is 24.7 Å². The Hall–Kier alpha value is -9.94. The van der Waals surface area contributed by atoms with E-state index in [2.05, 4.69) is 25.1 Å². The van der Waals surface area contributed by atoms with Gasteiger partial charge in [-0.1, -0.05) is 94.9 Å². The highest BCUT2D eigenvalue weighted by molar-refractivity contribution is 7.93. The molecule has 10 aromatic rings. The molecule has 0 spiro atoms. The summed E-state index contributed by atoms with van der Waals surface area (Å²) in [7, 11) is -18.6. The van der Waals surface area contributed by atoms with E-state index in [1.165, 1.54) is 35.0 Å². The number of hydrogen-bond acceptors (Lipinski definition) is 24. The molecule has 1 aromatic heterocycles. The Bertz CT molecular complexity index is 7230. The molecule has 0 radical (unpaired) electrons. The van der Waals surface area contributed by atoms with Crippen LogP contribution in [0.15, 0.2) is 218 Å². The van der Waals surface area contributed by atoms with Crippen LogP contribution in [0.3, 0.4) is 0 Å². The summed E-state index contributed by atoms with van der Waals surface area (Å²) in [5.41, 5.74) is 7.35. The lowest BCUT2D eigenvalue weighted by Crippen LogP contribution is -2.57. The molecular formula is C103H103Cl4F8N7O18S5. The second-order valence-corrected chi connectivity index (χ2v) is 50.4. The summed E-state index contributed by atoms with van der Waals surface area (Å²) in [6, 6.07) is 43.7. The first-order chi connectivity index (χ1) is 69.2. The van der Waals surface area contributed by atoms with Gasteiger partial charge in [-0.2, -0.15) is 5.10 Å². The number of benzene rings is 9. The van der Waals surface area contributed by atoms with E-state index in [1.807, 2.05) is 43.3 Å². The number of aryl methyl sites for hydroxylation is 1. The molecule has 0 saturated carbocycles. The zero-order valence-corrected chi connectivity index (χ0v) is 85.4. The van der Waals surface area contributed by atoms with Gasteiger partial charge in [0.25, 0.3) is 0 Å². The van der Waals surface area contributed by atoms with Gasteiger partial charge in [-0.25, -0.2) is 87.2 Å². The van der Waals surface area contributed by atoms with Crippen LogP contribution in [0, 0.1) is 70.2 Å². The summed E-state index contributed by atoms with van der Waals surface area (Å²) in [5, 5.41) is 6.05. The topological polar surface area (TPSA) is 338 Å². The number of nitrogens with zero attached hydrogens (tertiary/aromatic N) is 6. The SMILES string of the molecule is CC1=NC(CS(=O)(=O)CC[C@@H]2OCC[C@@]3(Cc4ccc(Cl)cc4)c4c(F)ccc(F)c4OC[C@@H]23)=NC1.Nc1ccccc1S(=O)(=O)CC[C@@H]1OCC[C@@]2(Cc3ccc(Cl)cc3)c3c(F)ccc(F)c3OC[C@@H]12.O=S(=O)(CC[C@@H]1OCC[C@@]2(Cc3ccc(Cl)cc3)c3c(F)ccc(F)c3OC[C@@H]12)CC1=NCC=N1.O=S(=O)(CC[C@@H]1OCC[C@@]2(S(=O)(=O)c3ccc(Cl)cc3)c3c(F)ccc(F)c3OC[C@@H]12)CCn1cccn1. The highest BCUT2D eigenvalue weighted by Gasteiger charge is 2.63. The number of rotatable bonds is 28. The van der Waals surface area contributed by atoms with E-state index in [4.69, 9.17) is 90.0 Å². The summed E-state index contributed by atoms with van der Waals surface area (Å²) in [5.74, 6) is -8.79. The Morgan fingerprint density at radius 2 is 0.779 bits per heavy atom. The minimum absolute atomic E-state index is 0.0420. The van der Waals surface area contributed by atoms with Crippen molar-refractivity contribution in [1.29, 1.82) is 0 Å². The Balaban J connectivity index is 0.000000132. The standard InChI is InChI=1S/C27H26ClF2NO4S.C26H27ClF2N2O4S.C25H25ClF2N2O6S2.C25H25ClF2N2O4S/c28-18-7-5-17(6-8-18)15-27-12-13-34-23(11-14-36(32,33)24-4-2-1-3-22(24)31)19(27)16-35-26-21(30)10-9-20(29)25(26)27;1-16-13-30-23(31-16)15-36(32,33)11-8-22-19-14-35-25-21(29)7-6-20(28)24(25)26(19,9-10-34-22)12-17-2-4-18(27)5-3-17;26-17-2-4-18(5-3-17)38(33,34)25-9-13-35-22(8-14-37(31,32)15-12-30-11-1-10-29-30)19(25)16-36-24-21(28)7-6-20(27)23(24)25;26-17-3-1-16(2-4-17)13-25-8-11-33-21(7-12-35(31,32)15-22-29-9-10-30-22)18(25)14-34-24-20(28)6-5-19(27)23(24)25/h1-10,19,23H,11-16,31H2;2-7,19,22H,8-15H2,1H3;1-7,10-11,19,22H,8-9,12-16H2;1-6,9,18,21H,7-8,10-15H2/t19-,23-,27-;19-,22-,26-;19-,22-,25-;18-,21-,25-/m0000/s1. The molecule has 10 aliphatic heterocycles. The molecule has 145 heavy (non-hydrogen) atoms. The molecule has 11 heterocycles.